The van der Waals surface area contributed by atoms with Crippen LogP contribution in [0.3, 0.4) is 0 Å². The summed E-state index contributed by atoms with van der Waals surface area (Å²) in [5.74, 6) is 2.79. The van der Waals surface area contributed by atoms with Crippen LogP contribution in [0, 0.1) is 0 Å². The minimum absolute atomic E-state index is 0.0455. The third kappa shape index (κ3) is 3.14. The lowest BCUT2D eigenvalue weighted by Gasteiger charge is -2.27. The second kappa shape index (κ2) is 7.05. The molecule has 1 atom stereocenters. The molecule has 0 aliphatic heterocycles. The van der Waals surface area contributed by atoms with Gasteiger partial charge in [-0.1, -0.05) is 6.07 Å². The smallest absolute Gasteiger partial charge is 0.161 e. The number of carbonyl (C=O) groups is 1. The van der Waals surface area contributed by atoms with Crippen molar-refractivity contribution in [2.75, 3.05) is 28.4 Å². The average molecular weight is 342 g/mol. The zero-order chi connectivity index (χ0) is 18.0. The molecule has 1 aliphatic rings. The van der Waals surface area contributed by atoms with E-state index in [-0.39, 0.29) is 11.7 Å². The first-order valence-electron chi connectivity index (χ1n) is 8.09. The largest absolute Gasteiger partial charge is 0.493 e. The van der Waals surface area contributed by atoms with Gasteiger partial charge in [0.15, 0.2) is 23.0 Å². The topological polar surface area (TPSA) is 54.0 Å². The molecule has 0 spiro atoms. The summed E-state index contributed by atoms with van der Waals surface area (Å²) in [4.78, 5) is 12.3. The summed E-state index contributed by atoms with van der Waals surface area (Å²) in [6, 6.07) is 9.66. The maximum atomic E-state index is 12.3. The van der Waals surface area contributed by atoms with Crippen LogP contribution in [0.1, 0.15) is 29.0 Å². The SMILES string of the molecule is COc1ccc(C2CC(=O)Cc3cc(OC)c(OC)cc32)cc1OC. The highest BCUT2D eigenvalue weighted by molar-refractivity contribution is 5.85. The lowest BCUT2D eigenvalue weighted by atomic mass is 9.78. The molecule has 2 aromatic carbocycles. The van der Waals surface area contributed by atoms with Crippen molar-refractivity contribution in [1.29, 1.82) is 0 Å². The lowest BCUT2D eigenvalue weighted by molar-refractivity contribution is -0.119. The van der Waals surface area contributed by atoms with Gasteiger partial charge in [0.25, 0.3) is 0 Å². The molecule has 1 unspecified atom stereocenters. The van der Waals surface area contributed by atoms with Gasteiger partial charge in [0.1, 0.15) is 5.78 Å². The van der Waals surface area contributed by atoms with Gasteiger partial charge in [-0.3, -0.25) is 4.79 Å². The quantitative estimate of drug-likeness (QED) is 0.834. The predicted octanol–water partition coefficient (Wildman–Crippen LogP) is 3.37. The number of hydrogen-bond acceptors (Lipinski definition) is 5. The Morgan fingerprint density at radius 3 is 2.04 bits per heavy atom. The fraction of sp³-hybridized carbons (Fsp3) is 0.350. The van der Waals surface area contributed by atoms with Gasteiger partial charge in [-0.2, -0.15) is 0 Å². The Balaban J connectivity index is 2.11. The highest BCUT2D eigenvalue weighted by Crippen LogP contribution is 2.42. The van der Waals surface area contributed by atoms with Crippen LogP contribution in [-0.2, 0) is 11.2 Å². The predicted molar refractivity (Wildman–Crippen MR) is 94.3 cm³/mol. The van der Waals surface area contributed by atoms with Crippen molar-refractivity contribution in [3.8, 4) is 23.0 Å². The number of ketones is 1. The average Bonchev–Trinajstić information content (AvgIpc) is 2.65. The summed E-state index contributed by atoms with van der Waals surface area (Å²) >= 11 is 0. The molecule has 0 fully saturated rings. The van der Waals surface area contributed by atoms with Gasteiger partial charge in [0.05, 0.1) is 28.4 Å². The summed E-state index contributed by atoms with van der Waals surface area (Å²) in [5, 5.41) is 0. The molecule has 132 valence electrons. The Kier molecular flexibility index (Phi) is 4.83. The van der Waals surface area contributed by atoms with E-state index in [2.05, 4.69) is 0 Å². The van der Waals surface area contributed by atoms with Crippen LogP contribution >= 0.6 is 0 Å². The monoisotopic (exact) mass is 342 g/mol. The second-order valence-electron chi connectivity index (χ2n) is 5.99. The van der Waals surface area contributed by atoms with E-state index >= 15 is 0 Å². The number of carbonyl (C=O) groups excluding carboxylic acids is 1. The number of methoxy groups -OCH3 is 4. The molecule has 5 nitrogen and oxygen atoms in total. The highest BCUT2D eigenvalue weighted by atomic mass is 16.5. The molecule has 0 N–H and O–H groups in total. The number of hydrogen-bond donors (Lipinski definition) is 0. The highest BCUT2D eigenvalue weighted by Gasteiger charge is 2.29. The van der Waals surface area contributed by atoms with Gasteiger partial charge in [0, 0.05) is 18.8 Å². The zero-order valence-electron chi connectivity index (χ0n) is 14.9. The Morgan fingerprint density at radius 1 is 0.800 bits per heavy atom. The molecule has 2 aromatic rings. The molecule has 0 radical (unpaired) electrons. The van der Waals surface area contributed by atoms with Crippen molar-refractivity contribution in [3.05, 3.63) is 47.0 Å². The number of rotatable bonds is 5. The van der Waals surface area contributed by atoms with Crippen LogP contribution in [0.4, 0.5) is 0 Å². The van der Waals surface area contributed by atoms with Crippen LogP contribution in [0.15, 0.2) is 30.3 Å². The molecule has 0 amide bonds. The first-order valence-corrected chi connectivity index (χ1v) is 8.09. The van der Waals surface area contributed by atoms with Crippen molar-refractivity contribution in [2.24, 2.45) is 0 Å². The molecule has 25 heavy (non-hydrogen) atoms. The molecule has 0 bridgehead atoms. The summed E-state index contributed by atoms with van der Waals surface area (Å²) in [5.41, 5.74) is 3.08. The van der Waals surface area contributed by atoms with E-state index in [9.17, 15) is 4.79 Å². The number of fused-ring (bicyclic) bond motifs is 1. The molecular weight excluding hydrogens is 320 g/mol. The molecule has 5 heteroatoms. The van der Waals surface area contributed by atoms with Crippen LogP contribution in [-0.4, -0.2) is 34.2 Å². The summed E-state index contributed by atoms with van der Waals surface area (Å²) in [6.07, 6.45) is 0.872. The normalized spacial score (nSPS) is 16.2. The fourth-order valence-corrected chi connectivity index (χ4v) is 3.40. The van der Waals surface area contributed by atoms with Crippen molar-refractivity contribution in [2.45, 2.75) is 18.8 Å². The molecule has 0 saturated carbocycles. The Morgan fingerprint density at radius 2 is 1.40 bits per heavy atom. The van der Waals surface area contributed by atoms with Crippen molar-refractivity contribution in [1.82, 2.24) is 0 Å². The standard InChI is InChI=1S/C20H22O5/c1-22-17-6-5-12(8-18(17)23-2)15-10-14(21)7-13-9-19(24-3)20(25-4)11-16(13)15/h5-6,8-9,11,15H,7,10H2,1-4H3. The number of ether oxygens (including phenoxy) is 4. The molecular formula is C20H22O5. The van der Waals surface area contributed by atoms with Gasteiger partial charge in [-0.25, -0.2) is 0 Å². The maximum absolute atomic E-state index is 12.3. The Bertz CT molecular complexity index is 797. The van der Waals surface area contributed by atoms with Gasteiger partial charge in [-0.05, 0) is 41.0 Å². The van der Waals surface area contributed by atoms with Gasteiger partial charge < -0.3 is 18.9 Å². The van der Waals surface area contributed by atoms with Crippen molar-refractivity contribution < 1.29 is 23.7 Å². The van der Waals surface area contributed by atoms with Crippen LogP contribution in [0.2, 0.25) is 0 Å². The summed E-state index contributed by atoms with van der Waals surface area (Å²) in [6.45, 7) is 0. The summed E-state index contributed by atoms with van der Waals surface area (Å²) < 4.78 is 21.5. The minimum atomic E-state index is -0.0455. The van der Waals surface area contributed by atoms with Crippen molar-refractivity contribution in [3.63, 3.8) is 0 Å². The van der Waals surface area contributed by atoms with E-state index in [0.717, 1.165) is 16.7 Å². The van der Waals surface area contributed by atoms with E-state index < -0.39 is 0 Å². The van der Waals surface area contributed by atoms with Crippen LogP contribution < -0.4 is 18.9 Å². The molecule has 0 heterocycles. The van der Waals surface area contributed by atoms with Crippen LogP contribution in [0.25, 0.3) is 0 Å². The first-order chi connectivity index (χ1) is 12.1. The fourth-order valence-electron chi connectivity index (χ4n) is 3.40. The minimum Gasteiger partial charge on any atom is -0.493 e. The Hall–Kier alpha value is -2.69. The number of Topliss-reactive ketones (excluding diaryl/α,β-unsaturated/α-hetero) is 1. The summed E-state index contributed by atoms with van der Waals surface area (Å²) in [7, 11) is 6.42. The number of benzene rings is 2. The maximum Gasteiger partial charge on any atom is 0.161 e. The second-order valence-corrected chi connectivity index (χ2v) is 5.99. The van der Waals surface area contributed by atoms with E-state index in [4.69, 9.17) is 18.9 Å². The third-order valence-corrected chi connectivity index (χ3v) is 4.65. The van der Waals surface area contributed by atoms with Gasteiger partial charge in [-0.15, -0.1) is 0 Å². The third-order valence-electron chi connectivity index (χ3n) is 4.65. The first kappa shape index (κ1) is 17.1. The van der Waals surface area contributed by atoms with Crippen LogP contribution in [0.5, 0.6) is 23.0 Å². The molecule has 3 rings (SSSR count). The Labute approximate surface area is 147 Å². The molecule has 0 aromatic heterocycles. The van der Waals surface area contributed by atoms with E-state index in [0.29, 0.717) is 35.8 Å². The lowest BCUT2D eigenvalue weighted by Crippen LogP contribution is -2.19. The van der Waals surface area contributed by atoms with E-state index in [1.165, 1.54) is 0 Å². The molecule has 1 aliphatic carbocycles. The zero-order valence-corrected chi connectivity index (χ0v) is 14.9. The van der Waals surface area contributed by atoms with E-state index in [1.807, 2.05) is 30.3 Å². The molecule has 0 saturated heterocycles. The van der Waals surface area contributed by atoms with Crippen molar-refractivity contribution >= 4 is 5.78 Å². The van der Waals surface area contributed by atoms with Gasteiger partial charge in [0.2, 0.25) is 0 Å². The van der Waals surface area contributed by atoms with E-state index in [1.54, 1.807) is 28.4 Å². The van der Waals surface area contributed by atoms with Gasteiger partial charge >= 0.3 is 0 Å².